The second kappa shape index (κ2) is 4.97. The van der Waals surface area contributed by atoms with Crippen LogP contribution in [-0.2, 0) is 13.6 Å². The van der Waals surface area contributed by atoms with Crippen molar-refractivity contribution in [3.05, 3.63) is 18.2 Å². The van der Waals surface area contributed by atoms with Crippen molar-refractivity contribution in [1.82, 2.24) is 19.4 Å². The van der Waals surface area contributed by atoms with Crippen LogP contribution in [0, 0.1) is 0 Å². The molecule has 0 N–H and O–H groups in total. The Hall–Kier alpha value is -0.870. The summed E-state index contributed by atoms with van der Waals surface area (Å²) in [5, 5.41) is 0. The van der Waals surface area contributed by atoms with Crippen LogP contribution >= 0.6 is 0 Å². The van der Waals surface area contributed by atoms with Crippen molar-refractivity contribution in [3.8, 4) is 0 Å². The molecule has 0 spiro atoms. The topological polar surface area (TPSA) is 24.3 Å². The van der Waals surface area contributed by atoms with Gasteiger partial charge in [-0.25, -0.2) is 4.98 Å². The van der Waals surface area contributed by atoms with Gasteiger partial charge in [0.05, 0.1) is 12.0 Å². The Kier molecular flexibility index (Phi) is 3.61. The fourth-order valence-electron chi connectivity index (χ4n) is 2.20. The van der Waals surface area contributed by atoms with Crippen molar-refractivity contribution in [2.45, 2.75) is 26.4 Å². The van der Waals surface area contributed by atoms with E-state index in [2.05, 4.69) is 40.2 Å². The summed E-state index contributed by atoms with van der Waals surface area (Å²) in [5.41, 5.74) is 1.30. The molecular formula is C12H22N4. The Balaban J connectivity index is 1.84. The smallest absolute Gasteiger partial charge is 0.0945 e. The Morgan fingerprint density at radius 2 is 1.94 bits per heavy atom. The highest BCUT2D eigenvalue weighted by atomic mass is 15.3. The Labute approximate surface area is 97.9 Å². The van der Waals surface area contributed by atoms with Gasteiger partial charge < -0.3 is 4.57 Å². The molecular weight excluding hydrogens is 200 g/mol. The summed E-state index contributed by atoms with van der Waals surface area (Å²) >= 11 is 0. The van der Waals surface area contributed by atoms with Crippen molar-refractivity contribution in [1.29, 1.82) is 0 Å². The molecule has 1 saturated heterocycles. The highest BCUT2D eigenvalue weighted by Crippen LogP contribution is 2.09. The Bertz CT molecular complexity index is 324. The SMILES string of the molecule is CC(C)N1CCN(Cc2cncn2C)CC1. The maximum absolute atomic E-state index is 4.16. The molecule has 2 heterocycles. The van der Waals surface area contributed by atoms with Crippen molar-refractivity contribution >= 4 is 0 Å². The maximum atomic E-state index is 4.16. The van der Waals surface area contributed by atoms with Gasteiger partial charge in [-0.3, -0.25) is 9.80 Å². The van der Waals surface area contributed by atoms with Crippen LogP contribution in [0.4, 0.5) is 0 Å². The van der Waals surface area contributed by atoms with E-state index in [1.165, 1.54) is 31.9 Å². The van der Waals surface area contributed by atoms with Crippen molar-refractivity contribution in [2.24, 2.45) is 7.05 Å². The first kappa shape index (κ1) is 11.6. The minimum Gasteiger partial charge on any atom is -0.337 e. The number of imidazole rings is 1. The van der Waals surface area contributed by atoms with E-state index in [0.717, 1.165) is 6.54 Å². The molecule has 0 bridgehead atoms. The van der Waals surface area contributed by atoms with Crippen LogP contribution in [0.2, 0.25) is 0 Å². The third kappa shape index (κ3) is 2.62. The second-order valence-electron chi connectivity index (χ2n) is 4.90. The second-order valence-corrected chi connectivity index (χ2v) is 4.90. The van der Waals surface area contributed by atoms with Gasteiger partial charge in [0.25, 0.3) is 0 Å². The van der Waals surface area contributed by atoms with Gasteiger partial charge in [-0.1, -0.05) is 0 Å². The molecule has 0 aromatic carbocycles. The number of aromatic nitrogens is 2. The molecule has 1 fully saturated rings. The lowest BCUT2D eigenvalue weighted by Gasteiger charge is -2.36. The molecule has 0 aliphatic carbocycles. The first-order valence-electron chi connectivity index (χ1n) is 6.08. The lowest BCUT2D eigenvalue weighted by Crippen LogP contribution is -2.48. The zero-order valence-corrected chi connectivity index (χ0v) is 10.6. The first-order valence-corrected chi connectivity index (χ1v) is 6.08. The molecule has 90 valence electrons. The Morgan fingerprint density at radius 1 is 1.25 bits per heavy atom. The van der Waals surface area contributed by atoms with E-state index in [1.54, 1.807) is 0 Å². The first-order chi connectivity index (χ1) is 7.66. The van der Waals surface area contributed by atoms with Gasteiger partial charge >= 0.3 is 0 Å². The number of hydrogen-bond acceptors (Lipinski definition) is 3. The summed E-state index contributed by atoms with van der Waals surface area (Å²) in [4.78, 5) is 9.21. The fourth-order valence-corrected chi connectivity index (χ4v) is 2.20. The minimum atomic E-state index is 0.679. The van der Waals surface area contributed by atoms with Crippen LogP contribution in [0.3, 0.4) is 0 Å². The monoisotopic (exact) mass is 222 g/mol. The van der Waals surface area contributed by atoms with E-state index in [0.29, 0.717) is 6.04 Å². The van der Waals surface area contributed by atoms with E-state index in [9.17, 15) is 0 Å². The van der Waals surface area contributed by atoms with Crippen LogP contribution in [-0.4, -0.2) is 51.6 Å². The van der Waals surface area contributed by atoms with Crippen LogP contribution in [0.15, 0.2) is 12.5 Å². The van der Waals surface area contributed by atoms with E-state index in [-0.39, 0.29) is 0 Å². The highest BCUT2D eigenvalue weighted by molar-refractivity contribution is 4.97. The van der Waals surface area contributed by atoms with Gasteiger partial charge in [-0.15, -0.1) is 0 Å². The summed E-state index contributed by atoms with van der Waals surface area (Å²) in [7, 11) is 2.06. The van der Waals surface area contributed by atoms with Crippen LogP contribution in [0.1, 0.15) is 19.5 Å². The molecule has 1 aromatic heterocycles. The summed E-state index contributed by atoms with van der Waals surface area (Å²) in [5.74, 6) is 0. The molecule has 0 amide bonds. The summed E-state index contributed by atoms with van der Waals surface area (Å²) in [6.07, 6.45) is 3.84. The normalized spacial score (nSPS) is 19.5. The molecule has 1 aliphatic heterocycles. The van der Waals surface area contributed by atoms with E-state index >= 15 is 0 Å². The van der Waals surface area contributed by atoms with Gasteiger partial charge in [0, 0.05) is 52.0 Å². The third-order valence-electron chi connectivity index (χ3n) is 3.44. The third-order valence-corrected chi connectivity index (χ3v) is 3.44. The van der Waals surface area contributed by atoms with Crippen LogP contribution < -0.4 is 0 Å². The van der Waals surface area contributed by atoms with E-state index in [4.69, 9.17) is 0 Å². The largest absolute Gasteiger partial charge is 0.337 e. The molecule has 0 unspecified atom stereocenters. The van der Waals surface area contributed by atoms with Crippen molar-refractivity contribution in [2.75, 3.05) is 26.2 Å². The average Bonchev–Trinajstić information content (AvgIpc) is 2.65. The maximum Gasteiger partial charge on any atom is 0.0945 e. The molecule has 0 atom stereocenters. The number of hydrogen-bond donors (Lipinski definition) is 0. The predicted molar refractivity (Wildman–Crippen MR) is 65.2 cm³/mol. The highest BCUT2D eigenvalue weighted by Gasteiger charge is 2.19. The van der Waals surface area contributed by atoms with Crippen LogP contribution in [0.5, 0.6) is 0 Å². The van der Waals surface area contributed by atoms with Crippen molar-refractivity contribution < 1.29 is 0 Å². The molecule has 1 aromatic rings. The average molecular weight is 222 g/mol. The molecule has 0 saturated carbocycles. The van der Waals surface area contributed by atoms with Gasteiger partial charge in [0.15, 0.2) is 0 Å². The van der Waals surface area contributed by atoms with Gasteiger partial charge in [0.1, 0.15) is 0 Å². The molecule has 0 radical (unpaired) electrons. The predicted octanol–water partition coefficient (Wildman–Crippen LogP) is 0.946. The van der Waals surface area contributed by atoms with E-state index < -0.39 is 0 Å². The number of piperazine rings is 1. The number of rotatable bonds is 3. The van der Waals surface area contributed by atoms with Gasteiger partial charge in [-0.2, -0.15) is 0 Å². The number of nitrogens with zero attached hydrogens (tertiary/aromatic N) is 4. The molecule has 16 heavy (non-hydrogen) atoms. The quantitative estimate of drug-likeness (QED) is 0.761. The van der Waals surface area contributed by atoms with Gasteiger partial charge in [0.2, 0.25) is 0 Å². The standard InChI is InChI=1S/C12H22N4/c1-11(2)16-6-4-15(5-7-16)9-12-8-13-10-14(12)3/h8,10-11H,4-7,9H2,1-3H3. The van der Waals surface area contributed by atoms with Crippen LogP contribution in [0.25, 0.3) is 0 Å². The molecule has 2 rings (SSSR count). The van der Waals surface area contributed by atoms with E-state index in [1.807, 2.05) is 12.5 Å². The molecule has 1 aliphatic rings. The molecule has 4 nitrogen and oxygen atoms in total. The lowest BCUT2D eigenvalue weighted by atomic mass is 10.2. The zero-order chi connectivity index (χ0) is 11.5. The Morgan fingerprint density at radius 3 is 2.44 bits per heavy atom. The fraction of sp³-hybridized carbons (Fsp3) is 0.750. The van der Waals surface area contributed by atoms with Gasteiger partial charge in [-0.05, 0) is 13.8 Å². The summed E-state index contributed by atoms with van der Waals surface area (Å²) in [6.45, 7) is 10.3. The summed E-state index contributed by atoms with van der Waals surface area (Å²) < 4.78 is 2.11. The summed E-state index contributed by atoms with van der Waals surface area (Å²) in [6, 6.07) is 0.679. The minimum absolute atomic E-state index is 0.679. The number of aryl methyl sites for hydroxylation is 1. The lowest BCUT2D eigenvalue weighted by molar-refractivity contribution is 0.102. The van der Waals surface area contributed by atoms with Crippen molar-refractivity contribution in [3.63, 3.8) is 0 Å². The molecule has 4 heteroatoms. The zero-order valence-electron chi connectivity index (χ0n) is 10.6.